The number of rotatable bonds is 4. The van der Waals surface area contributed by atoms with E-state index in [2.05, 4.69) is 31.2 Å². The molecule has 1 aromatic heterocycles. The van der Waals surface area contributed by atoms with Crippen molar-refractivity contribution >= 4 is 31.8 Å². The molecule has 118 valence electrons. The number of nitrogen functional groups attached to an aromatic ring is 1. The molecule has 0 aliphatic carbocycles. The predicted octanol–water partition coefficient (Wildman–Crippen LogP) is 0.844. The summed E-state index contributed by atoms with van der Waals surface area (Å²) < 4.78 is 27.8. The predicted molar refractivity (Wildman–Crippen MR) is 85.2 cm³/mol. The first kappa shape index (κ1) is 16.6. The number of halogens is 1. The molecule has 0 saturated carbocycles. The number of sulfonamides is 1. The fourth-order valence-electron chi connectivity index (χ4n) is 2.43. The number of piperidine rings is 1. The van der Waals surface area contributed by atoms with Crippen molar-refractivity contribution in [2.45, 2.75) is 23.8 Å². The van der Waals surface area contributed by atoms with Gasteiger partial charge >= 0.3 is 0 Å². The minimum absolute atomic E-state index is 0.0961. The van der Waals surface area contributed by atoms with Gasteiger partial charge in [-0.3, -0.25) is 0 Å². The molecule has 1 saturated heterocycles. The van der Waals surface area contributed by atoms with E-state index in [4.69, 9.17) is 5.84 Å². The Balaban J connectivity index is 2.35. The van der Waals surface area contributed by atoms with Crippen LogP contribution in [-0.4, -0.2) is 55.8 Å². The highest BCUT2D eigenvalue weighted by Crippen LogP contribution is 2.28. The van der Waals surface area contributed by atoms with Gasteiger partial charge in [0.25, 0.3) is 0 Å². The molecule has 1 unspecified atom stereocenters. The molecule has 0 radical (unpaired) electrons. The highest BCUT2D eigenvalue weighted by molar-refractivity contribution is 9.10. The van der Waals surface area contributed by atoms with Gasteiger partial charge < -0.3 is 10.3 Å². The van der Waals surface area contributed by atoms with E-state index >= 15 is 0 Å². The summed E-state index contributed by atoms with van der Waals surface area (Å²) in [4.78, 5) is 6.17. The highest BCUT2D eigenvalue weighted by atomic mass is 79.9. The number of likely N-dealkylation sites (N-methyl/N-ethyl adjacent to an activating group) is 1. The van der Waals surface area contributed by atoms with Gasteiger partial charge in [-0.15, -0.1) is 0 Å². The molecule has 2 heterocycles. The van der Waals surface area contributed by atoms with Crippen LogP contribution in [0.3, 0.4) is 0 Å². The fraction of sp³-hybridized carbons (Fsp3) is 0.583. The van der Waals surface area contributed by atoms with Gasteiger partial charge in [-0.1, -0.05) is 0 Å². The number of anilines is 1. The number of pyridine rings is 1. The molecule has 7 nitrogen and oxygen atoms in total. The average molecular weight is 378 g/mol. The van der Waals surface area contributed by atoms with Gasteiger partial charge in [0.15, 0.2) is 5.82 Å². The van der Waals surface area contributed by atoms with Crippen molar-refractivity contribution in [2.24, 2.45) is 5.84 Å². The molecule has 3 N–H and O–H groups in total. The lowest BCUT2D eigenvalue weighted by Gasteiger charge is -2.35. The second kappa shape index (κ2) is 6.57. The van der Waals surface area contributed by atoms with Gasteiger partial charge in [-0.25, -0.2) is 19.2 Å². The molecule has 1 aliphatic rings. The molecular weight excluding hydrogens is 358 g/mol. The summed E-state index contributed by atoms with van der Waals surface area (Å²) in [5.41, 5.74) is 2.35. The van der Waals surface area contributed by atoms with Crippen LogP contribution in [0, 0.1) is 0 Å². The van der Waals surface area contributed by atoms with Crippen LogP contribution in [0.25, 0.3) is 0 Å². The Morgan fingerprint density at radius 2 is 2.24 bits per heavy atom. The second-order valence-electron chi connectivity index (χ2n) is 5.27. The molecule has 1 aromatic rings. The molecule has 2 rings (SSSR count). The van der Waals surface area contributed by atoms with Crippen molar-refractivity contribution in [3.8, 4) is 0 Å². The molecule has 1 atom stereocenters. The number of nitrogens with one attached hydrogen (secondary N) is 1. The second-order valence-corrected chi connectivity index (χ2v) is 8.09. The quantitative estimate of drug-likeness (QED) is 0.596. The zero-order valence-electron chi connectivity index (χ0n) is 12.1. The number of nitrogens with zero attached hydrogens (tertiary/aromatic N) is 3. The minimum Gasteiger partial charge on any atom is -0.307 e. The molecule has 1 aliphatic heterocycles. The van der Waals surface area contributed by atoms with Crippen LogP contribution >= 0.6 is 15.9 Å². The van der Waals surface area contributed by atoms with E-state index in [0.29, 0.717) is 17.6 Å². The minimum atomic E-state index is -3.62. The van der Waals surface area contributed by atoms with Crippen LogP contribution in [-0.2, 0) is 10.0 Å². The molecule has 1 fully saturated rings. The van der Waals surface area contributed by atoms with Crippen molar-refractivity contribution in [1.29, 1.82) is 0 Å². The normalized spacial score (nSPS) is 20.7. The standard InChI is InChI=1S/C12H20BrN5O2S/c1-17(2)10-4-3-5-18(8-10)21(19,20)11-6-9(13)7-15-12(11)16-14/h6-7,10H,3-5,8,14H2,1-2H3,(H,15,16). The van der Waals surface area contributed by atoms with E-state index in [9.17, 15) is 8.42 Å². The summed E-state index contributed by atoms with van der Waals surface area (Å²) in [6, 6.07) is 1.75. The van der Waals surface area contributed by atoms with Crippen LogP contribution in [0.15, 0.2) is 21.6 Å². The van der Waals surface area contributed by atoms with Gasteiger partial charge in [-0.05, 0) is 48.9 Å². The highest BCUT2D eigenvalue weighted by Gasteiger charge is 2.33. The molecule has 0 spiro atoms. The summed E-state index contributed by atoms with van der Waals surface area (Å²) in [5, 5.41) is 0. The fourth-order valence-corrected chi connectivity index (χ4v) is 4.56. The summed E-state index contributed by atoms with van der Waals surface area (Å²) >= 11 is 3.25. The van der Waals surface area contributed by atoms with E-state index < -0.39 is 10.0 Å². The molecular formula is C12H20BrN5O2S. The molecule has 0 aromatic carbocycles. The number of hydrogen-bond acceptors (Lipinski definition) is 6. The maximum Gasteiger partial charge on any atom is 0.246 e. The third-order valence-corrected chi connectivity index (χ3v) is 5.98. The maximum absolute atomic E-state index is 12.8. The Morgan fingerprint density at radius 3 is 2.86 bits per heavy atom. The van der Waals surface area contributed by atoms with Gasteiger partial charge in [0.1, 0.15) is 4.90 Å². The topological polar surface area (TPSA) is 91.6 Å². The first-order valence-electron chi connectivity index (χ1n) is 6.65. The Labute approximate surface area is 133 Å². The van der Waals surface area contributed by atoms with Crippen molar-refractivity contribution in [3.05, 3.63) is 16.7 Å². The zero-order chi connectivity index (χ0) is 15.6. The Bertz CT molecular complexity index is 608. The Hall–Kier alpha value is -0.740. The number of aromatic nitrogens is 1. The lowest BCUT2D eigenvalue weighted by Crippen LogP contribution is -2.47. The lowest BCUT2D eigenvalue weighted by molar-refractivity contribution is 0.190. The van der Waals surface area contributed by atoms with Crippen molar-refractivity contribution in [2.75, 3.05) is 32.6 Å². The van der Waals surface area contributed by atoms with E-state index in [1.54, 1.807) is 0 Å². The molecule has 21 heavy (non-hydrogen) atoms. The van der Waals surface area contributed by atoms with Crippen LogP contribution < -0.4 is 11.3 Å². The van der Waals surface area contributed by atoms with Crippen molar-refractivity contribution in [1.82, 2.24) is 14.2 Å². The van der Waals surface area contributed by atoms with Crippen molar-refractivity contribution in [3.63, 3.8) is 0 Å². The Morgan fingerprint density at radius 1 is 1.52 bits per heavy atom. The Kier molecular flexibility index (Phi) is 5.20. The van der Waals surface area contributed by atoms with E-state index in [0.717, 1.165) is 12.8 Å². The molecule has 0 bridgehead atoms. The lowest BCUT2D eigenvalue weighted by atomic mass is 10.1. The number of nitrogens with two attached hydrogens (primary N) is 1. The van der Waals surface area contributed by atoms with Crippen LogP contribution in [0.1, 0.15) is 12.8 Å². The molecule has 9 heteroatoms. The van der Waals surface area contributed by atoms with E-state index in [1.807, 2.05) is 14.1 Å². The third kappa shape index (κ3) is 3.54. The monoisotopic (exact) mass is 377 g/mol. The average Bonchev–Trinajstić information content (AvgIpc) is 2.47. The largest absolute Gasteiger partial charge is 0.307 e. The summed E-state index contributed by atoms with van der Waals surface area (Å²) in [6.45, 7) is 0.995. The van der Waals surface area contributed by atoms with Gasteiger partial charge in [0, 0.05) is 29.8 Å². The smallest absolute Gasteiger partial charge is 0.246 e. The third-order valence-electron chi connectivity index (χ3n) is 3.66. The van der Waals surface area contributed by atoms with E-state index in [1.165, 1.54) is 16.6 Å². The van der Waals surface area contributed by atoms with Crippen LogP contribution in [0.5, 0.6) is 0 Å². The van der Waals surface area contributed by atoms with Gasteiger partial charge in [0.05, 0.1) is 0 Å². The summed E-state index contributed by atoms with van der Waals surface area (Å²) in [5.74, 6) is 5.54. The first-order valence-corrected chi connectivity index (χ1v) is 8.88. The number of hydrazine groups is 1. The summed E-state index contributed by atoms with van der Waals surface area (Å²) in [7, 11) is 0.311. The van der Waals surface area contributed by atoms with Crippen LogP contribution in [0.4, 0.5) is 5.82 Å². The zero-order valence-corrected chi connectivity index (χ0v) is 14.5. The van der Waals surface area contributed by atoms with Crippen LogP contribution in [0.2, 0.25) is 0 Å². The first-order chi connectivity index (χ1) is 9.86. The summed E-state index contributed by atoms with van der Waals surface area (Å²) in [6.07, 6.45) is 3.35. The van der Waals surface area contributed by atoms with Gasteiger partial charge in [0.2, 0.25) is 10.0 Å². The number of hydrogen-bond donors (Lipinski definition) is 2. The maximum atomic E-state index is 12.8. The van der Waals surface area contributed by atoms with Gasteiger partial charge in [-0.2, -0.15) is 4.31 Å². The van der Waals surface area contributed by atoms with Crippen molar-refractivity contribution < 1.29 is 8.42 Å². The SMILES string of the molecule is CN(C)C1CCCN(S(=O)(=O)c2cc(Br)cnc2NN)C1. The molecule has 0 amide bonds. The van der Waals surface area contributed by atoms with E-state index in [-0.39, 0.29) is 16.8 Å².